The van der Waals surface area contributed by atoms with Crippen molar-refractivity contribution in [1.82, 2.24) is 9.29 Å². The molecule has 22 heavy (non-hydrogen) atoms. The Bertz CT molecular complexity index is 867. The highest BCUT2D eigenvalue weighted by Crippen LogP contribution is 2.39. The highest BCUT2D eigenvalue weighted by Gasteiger charge is 2.46. The van der Waals surface area contributed by atoms with Crippen molar-refractivity contribution in [3.05, 3.63) is 28.2 Å². The molecule has 0 aromatic carbocycles. The molecule has 4 heterocycles. The molecule has 1 aromatic rings. The molecule has 1 atom stereocenters. The lowest BCUT2D eigenvalue weighted by molar-refractivity contribution is -0.493. The Morgan fingerprint density at radius 1 is 1.18 bits per heavy atom. The molecule has 0 saturated carbocycles. The van der Waals surface area contributed by atoms with Gasteiger partial charge in [0.1, 0.15) is 27.3 Å². The van der Waals surface area contributed by atoms with Gasteiger partial charge in [0.2, 0.25) is 5.96 Å². The molecule has 0 spiro atoms. The number of nitrogens with zero attached hydrogens (tertiary/aromatic N) is 6. The first-order chi connectivity index (χ1) is 10.4. The normalized spacial score (nSPS) is 22.2. The third-order valence-corrected chi connectivity index (χ3v) is 6.70. The Morgan fingerprint density at radius 3 is 2.64 bits per heavy atom. The van der Waals surface area contributed by atoms with Gasteiger partial charge in [-0.05, 0) is 33.8 Å². The van der Waals surface area contributed by atoms with Gasteiger partial charge in [-0.2, -0.15) is 8.96 Å². The summed E-state index contributed by atoms with van der Waals surface area (Å²) in [5, 5.41) is 1.66. The average Bonchev–Trinajstić information content (AvgIpc) is 2.93. The van der Waals surface area contributed by atoms with Gasteiger partial charge in [-0.15, -0.1) is 0 Å². The quantitative estimate of drug-likeness (QED) is 0.539. The summed E-state index contributed by atoms with van der Waals surface area (Å²) in [4.78, 5) is 16.0. The van der Waals surface area contributed by atoms with Gasteiger partial charge >= 0.3 is 5.95 Å². The van der Waals surface area contributed by atoms with E-state index in [1.54, 1.807) is 0 Å². The van der Waals surface area contributed by atoms with Crippen LogP contribution in [0.1, 0.15) is 25.2 Å². The minimum atomic E-state index is -0.398. The smallest absolute Gasteiger partial charge is 0.229 e. The SMILES string of the molecule is CC1=CC(C)=NC2=NC3=S(N12)[n+]1c(nc(C)c(Cl)c1C)N3C. The van der Waals surface area contributed by atoms with Crippen molar-refractivity contribution < 1.29 is 3.97 Å². The van der Waals surface area contributed by atoms with E-state index in [-0.39, 0.29) is 0 Å². The first-order valence-electron chi connectivity index (χ1n) is 6.97. The number of hydrogen-bond acceptors (Lipinski definition) is 5. The lowest BCUT2D eigenvalue weighted by Crippen LogP contribution is -2.41. The van der Waals surface area contributed by atoms with Gasteiger partial charge in [-0.3, -0.25) is 0 Å². The zero-order valence-corrected chi connectivity index (χ0v) is 14.6. The van der Waals surface area contributed by atoms with Gasteiger partial charge < -0.3 is 0 Å². The third-order valence-electron chi connectivity index (χ3n) is 3.88. The summed E-state index contributed by atoms with van der Waals surface area (Å²) < 4.78 is 4.32. The van der Waals surface area contributed by atoms with Gasteiger partial charge in [0.05, 0.1) is 7.05 Å². The van der Waals surface area contributed by atoms with Crippen LogP contribution in [-0.4, -0.2) is 33.1 Å². The molecule has 3 aliphatic heterocycles. The van der Waals surface area contributed by atoms with E-state index in [1.165, 1.54) is 0 Å². The minimum Gasteiger partial charge on any atom is -0.229 e. The number of hydrogen-bond donors (Lipinski definition) is 0. The fourth-order valence-electron chi connectivity index (χ4n) is 2.86. The van der Waals surface area contributed by atoms with Crippen LogP contribution in [0.2, 0.25) is 5.02 Å². The van der Waals surface area contributed by atoms with Crippen LogP contribution in [0.4, 0.5) is 5.95 Å². The second kappa shape index (κ2) is 4.39. The maximum Gasteiger partial charge on any atom is 0.413 e. The molecule has 0 radical (unpaired) electrons. The largest absolute Gasteiger partial charge is 0.413 e. The zero-order chi connectivity index (χ0) is 15.8. The lowest BCUT2D eigenvalue weighted by atomic mass is 10.3. The standard InChI is InChI=1S/C14H16ClN6S/c1-7-6-8(2)20-12(16-7)18-14-19(5)13-17-9(3)11(15)10(4)21(13)22(14)20/h6H,1-5H3/q+1. The minimum absolute atomic E-state index is 0.398. The number of allylic oxidation sites excluding steroid dienone is 2. The topological polar surface area (TPSA) is 48.0 Å². The van der Waals surface area contributed by atoms with Gasteiger partial charge in [0.15, 0.2) is 0 Å². The first kappa shape index (κ1) is 13.9. The highest BCUT2D eigenvalue weighted by atomic mass is 35.5. The van der Waals surface area contributed by atoms with E-state index in [9.17, 15) is 0 Å². The number of anilines is 1. The van der Waals surface area contributed by atoms with E-state index in [4.69, 9.17) is 16.6 Å². The summed E-state index contributed by atoms with van der Waals surface area (Å²) in [6.07, 6.45) is 2.08. The number of aryl methyl sites for hydroxylation is 1. The van der Waals surface area contributed by atoms with Crippen LogP contribution < -0.4 is 8.87 Å². The molecule has 0 aliphatic carbocycles. The van der Waals surface area contributed by atoms with Crippen molar-refractivity contribution in [2.45, 2.75) is 27.7 Å². The Hall–Kier alpha value is -1.73. The monoisotopic (exact) mass is 335 g/mol. The molecule has 3 aliphatic rings. The molecule has 0 bridgehead atoms. The Balaban J connectivity index is 1.97. The van der Waals surface area contributed by atoms with E-state index in [0.29, 0.717) is 5.02 Å². The predicted octanol–water partition coefficient (Wildman–Crippen LogP) is 2.17. The number of aromatic nitrogens is 2. The molecule has 1 unspecified atom stereocenters. The molecule has 0 N–H and O–H groups in total. The van der Waals surface area contributed by atoms with E-state index >= 15 is 0 Å². The Kier molecular flexibility index (Phi) is 2.77. The Morgan fingerprint density at radius 2 is 1.91 bits per heavy atom. The van der Waals surface area contributed by atoms with Crippen LogP contribution in [0.25, 0.3) is 0 Å². The summed E-state index contributed by atoms with van der Waals surface area (Å²) in [5.41, 5.74) is 3.95. The molecule has 8 heteroatoms. The zero-order valence-electron chi connectivity index (χ0n) is 13.0. The van der Waals surface area contributed by atoms with E-state index < -0.39 is 10.9 Å². The number of guanidine groups is 1. The van der Waals surface area contributed by atoms with E-state index in [2.05, 4.69) is 31.3 Å². The second-order valence-electron chi connectivity index (χ2n) is 5.54. The molecular formula is C14H16ClN6S+. The van der Waals surface area contributed by atoms with Crippen molar-refractivity contribution in [1.29, 1.82) is 0 Å². The molecule has 6 nitrogen and oxygen atoms in total. The molecule has 1 aromatic heterocycles. The van der Waals surface area contributed by atoms with Crippen LogP contribution in [-0.2, 0) is 0 Å². The van der Waals surface area contributed by atoms with Crippen LogP contribution >= 0.6 is 22.5 Å². The third kappa shape index (κ3) is 1.60. The fourth-order valence-corrected chi connectivity index (χ4v) is 5.24. The van der Waals surface area contributed by atoms with Gasteiger partial charge in [-0.25, -0.2) is 14.2 Å². The van der Waals surface area contributed by atoms with Crippen molar-refractivity contribution in [3.8, 4) is 0 Å². The fraction of sp³-hybridized carbons (Fsp3) is 0.357. The van der Waals surface area contributed by atoms with Gasteiger partial charge in [-0.1, -0.05) is 16.6 Å². The maximum atomic E-state index is 6.43. The van der Waals surface area contributed by atoms with E-state index in [1.807, 2.05) is 32.7 Å². The molecule has 0 amide bonds. The summed E-state index contributed by atoms with van der Waals surface area (Å²) in [6, 6.07) is 0. The van der Waals surface area contributed by atoms with Crippen molar-refractivity contribution in [3.63, 3.8) is 0 Å². The number of halogens is 1. The highest BCUT2D eigenvalue weighted by molar-refractivity contribution is 8.09. The van der Waals surface area contributed by atoms with Crippen molar-refractivity contribution in [2.24, 2.45) is 9.98 Å². The van der Waals surface area contributed by atoms with Crippen molar-refractivity contribution in [2.75, 3.05) is 11.9 Å². The second-order valence-corrected chi connectivity index (χ2v) is 7.54. The number of aliphatic imine (C=N–C) groups is 2. The van der Waals surface area contributed by atoms with Crippen LogP contribution in [0.3, 0.4) is 0 Å². The lowest BCUT2D eigenvalue weighted by Gasteiger charge is -2.24. The average molecular weight is 336 g/mol. The summed E-state index contributed by atoms with van der Waals surface area (Å²) in [6.45, 7) is 8.03. The van der Waals surface area contributed by atoms with E-state index in [0.717, 1.165) is 39.8 Å². The predicted molar refractivity (Wildman–Crippen MR) is 91.5 cm³/mol. The van der Waals surface area contributed by atoms with Gasteiger partial charge in [0, 0.05) is 11.4 Å². The van der Waals surface area contributed by atoms with Crippen molar-refractivity contribution >= 4 is 45.2 Å². The summed E-state index contributed by atoms with van der Waals surface area (Å²) in [5.74, 6) is 1.62. The van der Waals surface area contributed by atoms with Gasteiger partial charge in [0.25, 0.3) is 5.11 Å². The van der Waals surface area contributed by atoms with Crippen LogP contribution in [0.15, 0.2) is 21.8 Å². The molecule has 4 rings (SSSR count). The van der Waals surface area contributed by atoms with Crippen LogP contribution in [0.5, 0.6) is 0 Å². The number of rotatable bonds is 0. The first-order valence-corrected chi connectivity index (χ1v) is 8.48. The summed E-state index contributed by atoms with van der Waals surface area (Å²) >= 11 is 6.43. The summed E-state index contributed by atoms with van der Waals surface area (Å²) in [7, 11) is 1.59. The Labute approximate surface area is 136 Å². The number of fused-ring (bicyclic) bond motifs is 4. The molecule has 0 fully saturated rings. The molecular weight excluding hydrogens is 320 g/mol. The molecule has 0 saturated heterocycles. The maximum absolute atomic E-state index is 6.43. The molecule has 114 valence electrons. The van der Waals surface area contributed by atoms with Crippen LogP contribution in [0, 0.1) is 13.8 Å².